The number of hydrazine groups is 1. The topological polar surface area (TPSA) is 127 Å². The first kappa shape index (κ1) is 18.3. The fourth-order valence-corrected chi connectivity index (χ4v) is 2.61. The van der Waals surface area contributed by atoms with Crippen molar-refractivity contribution in [3.05, 3.63) is 57.4 Å². The second-order valence-corrected chi connectivity index (χ2v) is 5.97. The molecule has 10 heteroatoms. The van der Waals surface area contributed by atoms with Crippen molar-refractivity contribution >= 4 is 29.3 Å². The summed E-state index contributed by atoms with van der Waals surface area (Å²) in [6.07, 6.45) is 0. The molecule has 2 aromatic rings. The number of rotatable bonds is 5. The maximum atomic E-state index is 11.9. The Morgan fingerprint density at radius 3 is 2.28 bits per heavy atom. The average Bonchev–Trinajstić information content (AvgIpc) is 2.57. The van der Waals surface area contributed by atoms with Gasteiger partial charge in [-0.3, -0.25) is 30.6 Å². The van der Waals surface area contributed by atoms with Crippen LogP contribution in [-0.4, -0.2) is 32.5 Å². The van der Waals surface area contributed by atoms with E-state index in [1.165, 1.54) is 24.3 Å². The molecule has 0 aliphatic rings. The van der Waals surface area contributed by atoms with E-state index in [1.54, 1.807) is 0 Å². The molecule has 0 aliphatic carbocycles. The Labute approximate surface area is 147 Å². The van der Waals surface area contributed by atoms with Crippen molar-refractivity contribution in [2.45, 2.75) is 19.0 Å². The van der Waals surface area contributed by atoms with Crippen molar-refractivity contribution in [2.24, 2.45) is 0 Å². The minimum absolute atomic E-state index is 0.0312. The third-order valence-electron chi connectivity index (χ3n) is 2.95. The standard InChI is InChI=1S/C15H15N5O4S/c1-9-7-10(2)17-15(16-9)25-8-13(21)18-19-14(22)11-3-5-12(6-4-11)20(23)24/h3-7H,8H2,1-2H3,(H,18,21)(H,19,22). The lowest BCUT2D eigenvalue weighted by molar-refractivity contribution is -0.384. The van der Waals surface area contributed by atoms with Crippen LogP contribution in [0.1, 0.15) is 21.7 Å². The fraction of sp³-hybridized carbons (Fsp3) is 0.200. The quantitative estimate of drug-likeness (QED) is 0.358. The SMILES string of the molecule is Cc1cc(C)nc(SCC(=O)NNC(=O)c2ccc([N+](=O)[O-])cc2)n1. The first-order chi connectivity index (χ1) is 11.8. The molecule has 2 N–H and O–H groups in total. The van der Waals surface area contributed by atoms with Crippen LogP contribution in [0, 0.1) is 24.0 Å². The van der Waals surface area contributed by atoms with Gasteiger partial charge in [0.25, 0.3) is 11.6 Å². The maximum absolute atomic E-state index is 11.9. The van der Waals surface area contributed by atoms with Gasteiger partial charge < -0.3 is 0 Å². The molecular formula is C15H15N5O4S. The Kier molecular flexibility index (Phi) is 6.01. The van der Waals surface area contributed by atoms with E-state index in [4.69, 9.17) is 0 Å². The maximum Gasteiger partial charge on any atom is 0.269 e. The number of aryl methyl sites for hydroxylation is 2. The summed E-state index contributed by atoms with van der Waals surface area (Å²) >= 11 is 1.15. The van der Waals surface area contributed by atoms with Crippen LogP contribution in [0.5, 0.6) is 0 Å². The predicted octanol–water partition coefficient (Wildman–Crippen LogP) is 1.55. The molecule has 0 spiro atoms. The molecule has 0 aliphatic heterocycles. The fourth-order valence-electron chi connectivity index (χ4n) is 1.86. The third kappa shape index (κ3) is 5.53. The lowest BCUT2D eigenvalue weighted by Crippen LogP contribution is -2.42. The van der Waals surface area contributed by atoms with Gasteiger partial charge in [0, 0.05) is 29.1 Å². The Hall–Kier alpha value is -3.01. The molecule has 0 atom stereocenters. The first-order valence-corrected chi connectivity index (χ1v) is 8.12. The van der Waals surface area contributed by atoms with Gasteiger partial charge in [-0.1, -0.05) is 11.8 Å². The Bertz CT molecular complexity index is 790. The van der Waals surface area contributed by atoms with E-state index >= 15 is 0 Å². The van der Waals surface area contributed by atoms with Crippen LogP contribution in [0.3, 0.4) is 0 Å². The second-order valence-electron chi connectivity index (χ2n) is 5.03. The van der Waals surface area contributed by atoms with Crippen molar-refractivity contribution in [1.82, 2.24) is 20.8 Å². The molecule has 2 amide bonds. The summed E-state index contributed by atoms with van der Waals surface area (Å²) in [4.78, 5) is 42.0. The highest BCUT2D eigenvalue weighted by Crippen LogP contribution is 2.13. The Balaban J connectivity index is 1.82. The molecule has 0 saturated heterocycles. The van der Waals surface area contributed by atoms with Crippen molar-refractivity contribution in [3.8, 4) is 0 Å². The van der Waals surface area contributed by atoms with E-state index in [0.29, 0.717) is 5.16 Å². The van der Waals surface area contributed by atoms with E-state index < -0.39 is 16.7 Å². The number of thioether (sulfide) groups is 1. The van der Waals surface area contributed by atoms with Crippen LogP contribution in [0.15, 0.2) is 35.5 Å². The van der Waals surface area contributed by atoms with Gasteiger partial charge in [0.2, 0.25) is 5.91 Å². The summed E-state index contributed by atoms with van der Waals surface area (Å²) in [7, 11) is 0. The van der Waals surface area contributed by atoms with Gasteiger partial charge in [-0.25, -0.2) is 9.97 Å². The molecule has 0 saturated carbocycles. The van der Waals surface area contributed by atoms with Crippen LogP contribution in [0.25, 0.3) is 0 Å². The molecular weight excluding hydrogens is 346 g/mol. The summed E-state index contributed by atoms with van der Waals surface area (Å²) in [6, 6.07) is 6.86. The number of carbonyl (C=O) groups excluding carboxylic acids is 2. The van der Waals surface area contributed by atoms with E-state index in [9.17, 15) is 19.7 Å². The number of nitro groups is 1. The minimum atomic E-state index is -0.573. The average molecular weight is 361 g/mol. The van der Waals surface area contributed by atoms with Gasteiger partial charge in [0.05, 0.1) is 10.7 Å². The van der Waals surface area contributed by atoms with E-state index in [1.807, 2.05) is 19.9 Å². The summed E-state index contributed by atoms with van der Waals surface area (Å²) in [6.45, 7) is 3.67. The summed E-state index contributed by atoms with van der Waals surface area (Å²) in [5.74, 6) is -0.970. The zero-order valence-electron chi connectivity index (χ0n) is 13.5. The highest BCUT2D eigenvalue weighted by Gasteiger charge is 2.11. The van der Waals surface area contributed by atoms with Crippen molar-refractivity contribution in [1.29, 1.82) is 0 Å². The minimum Gasteiger partial charge on any atom is -0.272 e. The molecule has 130 valence electrons. The van der Waals surface area contributed by atoms with Crippen molar-refractivity contribution < 1.29 is 14.5 Å². The van der Waals surface area contributed by atoms with Crippen molar-refractivity contribution in [3.63, 3.8) is 0 Å². The molecule has 2 rings (SSSR count). The number of nitro benzene ring substituents is 1. The number of benzene rings is 1. The van der Waals surface area contributed by atoms with Crippen LogP contribution in [0.2, 0.25) is 0 Å². The number of non-ortho nitro benzene ring substituents is 1. The first-order valence-electron chi connectivity index (χ1n) is 7.14. The number of amides is 2. The molecule has 0 radical (unpaired) electrons. The third-order valence-corrected chi connectivity index (χ3v) is 3.80. The van der Waals surface area contributed by atoms with Crippen LogP contribution in [0.4, 0.5) is 5.69 Å². The van der Waals surface area contributed by atoms with Gasteiger partial charge in [-0.2, -0.15) is 0 Å². The highest BCUT2D eigenvalue weighted by atomic mass is 32.2. The van der Waals surface area contributed by atoms with Gasteiger partial charge in [0.1, 0.15) is 0 Å². The number of nitrogens with one attached hydrogen (secondary N) is 2. The van der Waals surface area contributed by atoms with E-state index in [2.05, 4.69) is 20.8 Å². The number of hydrogen-bond acceptors (Lipinski definition) is 7. The molecule has 1 heterocycles. The van der Waals surface area contributed by atoms with Crippen molar-refractivity contribution in [2.75, 3.05) is 5.75 Å². The highest BCUT2D eigenvalue weighted by molar-refractivity contribution is 7.99. The van der Waals surface area contributed by atoms with Crippen LogP contribution in [-0.2, 0) is 4.79 Å². The molecule has 0 fully saturated rings. The summed E-state index contributed by atoms with van der Waals surface area (Å²) in [5, 5.41) is 11.0. The lowest BCUT2D eigenvalue weighted by Gasteiger charge is -2.07. The number of aromatic nitrogens is 2. The largest absolute Gasteiger partial charge is 0.272 e. The summed E-state index contributed by atoms with van der Waals surface area (Å²) < 4.78 is 0. The number of carbonyl (C=O) groups is 2. The van der Waals surface area contributed by atoms with Gasteiger partial charge in [-0.05, 0) is 32.0 Å². The monoisotopic (exact) mass is 361 g/mol. The van der Waals surface area contributed by atoms with Crippen LogP contribution < -0.4 is 10.9 Å². The molecule has 9 nitrogen and oxygen atoms in total. The van der Waals surface area contributed by atoms with Gasteiger partial charge in [0.15, 0.2) is 5.16 Å². The second kappa shape index (κ2) is 8.20. The van der Waals surface area contributed by atoms with Crippen LogP contribution >= 0.6 is 11.8 Å². The molecule has 1 aromatic heterocycles. The lowest BCUT2D eigenvalue weighted by atomic mass is 10.2. The molecule has 0 bridgehead atoms. The normalized spacial score (nSPS) is 10.2. The Morgan fingerprint density at radius 1 is 1.12 bits per heavy atom. The molecule has 0 unspecified atom stereocenters. The van der Waals surface area contributed by atoms with E-state index in [-0.39, 0.29) is 17.0 Å². The summed E-state index contributed by atoms with van der Waals surface area (Å²) in [5.41, 5.74) is 6.20. The smallest absolute Gasteiger partial charge is 0.269 e. The predicted molar refractivity (Wildman–Crippen MR) is 90.9 cm³/mol. The molecule has 1 aromatic carbocycles. The zero-order chi connectivity index (χ0) is 18.4. The number of hydrogen-bond donors (Lipinski definition) is 2. The molecule has 25 heavy (non-hydrogen) atoms. The van der Waals surface area contributed by atoms with E-state index in [0.717, 1.165) is 23.1 Å². The Morgan fingerprint density at radius 2 is 1.72 bits per heavy atom. The van der Waals surface area contributed by atoms with Gasteiger partial charge in [-0.15, -0.1) is 0 Å². The van der Waals surface area contributed by atoms with Gasteiger partial charge >= 0.3 is 0 Å². The number of nitrogens with zero attached hydrogens (tertiary/aromatic N) is 3. The zero-order valence-corrected chi connectivity index (χ0v) is 14.3.